The van der Waals surface area contributed by atoms with Gasteiger partial charge in [0.2, 0.25) is 5.91 Å². The summed E-state index contributed by atoms with van der Waals surface area (Å²) >= 11 is 0. The zero-order valence-electron chi connectivity index (χ0n) is 22.9. The van der Waals surface area contributed by atoms with E-state index in [1.54, 1.807) is 18.2 Å². The Hall–Kier alpha value is -4.62. The standard InChI is InChI=1S/C29H28FN3O7S2/c1-20-4-13-26(14-5-20)42(37,38)33(27-18-24(39-2)12-17-28(27)40-3)19-29(34)31-22-10-15-25(16-11-22)41(35,36)32-23-8-6-21(30)7-9-23/h4-18,32H,19H2,1-3H3,(H,31,34). The van der Waals surface area contributed by atoms with Crippen molar-refractivity contribution in [1.29, 1.82) is 0 Å². The molecule has 10 nitrogen and oxygen atoms in total. The monoisotopic (exact) mass is 613 g/mol. The van der Waals surface area contributed by atoms with E-state index in [4.69, 9.17) is 9.47 Å². The molecule has 0 heterocycles. The van der Waals surface area contributed by atoms with E-state index >= 15 is 0 Å². The first-order valence-electron chi connectivity index (χ1n) is 12.4. The highest BCUT2D eigenvalue weighted by Gasteiger charge is 2.30. The second-order valence-electron chi connectivity index (χ2n) is 9.05. The number of sulfonamides is 2. The molecule has 0 aliphatic heterocycles. The lowest BCUT2D eigenvalue weighted by Gasteiger charge is -2.26. The molecule has 1 amide bonds. The van der Waals surface area contributed by atoms with E-state index in [9.17, 15) is 26.0 Å². The molecule has 220 valence electrons. The Bertz CT molecular complexity index is 1780. The normalized spacial score (nSPS) is 11.4. The molecule has 13 heteroatoms. The van der Waals surface area contributed by atoms with E-state index in [-0.39, 0.29) is 32.6 Å². The molecule has 0 aliphatic rings. The maximum atomic E-state index is 13.8. The van der Waals surface area contributed by atoms with Gasteiger partial charge in [0.1, 0.15) is 23.9 Å². The van der Waals surface area contributed by atoms with Crippen molar-refractivity contribution in [1.82, 2.24) is 0 Å². The number of rotatable bonds is 11. The number of ether oxygens (including phenoxy) is 2. The largest absolute Gasteiger partial charge is 0.497 e. The minimum absolute atomic E-state index is 0.0333. The summed E-state index contributed by atoms with van der Waals surface area (Å²) in [6.07, 6.45) is 0. The molecule has 0 spiro atoms. The first-order chi connectivity index (χ1) is 19.9. The van der Waals surface area contributed by atoms with Crippen LogP contribution in [-0.2, 0) is 24.8 Å². The fraction of sp³-hybridized carbons (Fsp3) is 0.138. The highest BCUT2D eigenvalue weighted by Crippen LogP contribution is 2.35. The minimum Gasteiger partial charge on any atom is -0.497 e. The van der Waals surface area contributed by atoms with Crippen molar-refractivity contribution < 1.29 is 35.5 Å². The van der Waals surface area contributed by atoms with Crippen molar-refractivity contribution in [3.05, 3.63) is 102 Å². The lowest BCUT2D eigenvalue weighted by atomic mass is 10.2. The van der Waals surface area contributed by atoms with Crippen LogP contribution in [0.15, 0.2) is 101 Å². The summed E-state index contributed by atoms with van der Waals surface area (Å²) in [7, 11) is -5.44. The average Bonchev–Trinajstić information content (AvgIpc) is 2.97. The average molecular weight is 614 g/mol. The van der Waals surface area contributed by atoms with Gasteiger partial charge in [-0.15, -0.1) is 0 Å². The molecule has 2 N–H and O–H groups in total. The van der Waals surface area contributed by atoms with Gasteiger partial charge >= 0.3 is 0 Å². The molecule has 0 radical (unpaired) electrons. The summed E-state index contributed by atoms with van der Waals surface area (Å²) in [5.74, 6) is -0.660. The maximum absolute atomic E-state index is 13.8. The van der Waals surface area contributed by atoms with E-state index in [1.165, 1.54) is 74.9 Å². The van der Waals surface area contributed by atoms with Crippen LogP contribution in [0.3, 0.4) is 0 Å². The van der Waals surface area contributed by atoms with Gasteiger partial charge in [-0.3, -0.25) is 13.8 Å². The van der Waals surface area contributed by atoms with Crippen LogP contribution in [0.2, 0.25) is 0 Å². The number of aryl methyl sites for hydroxylation is 1. The smallest absolute Gasteiger partial charge is 0.264 e. The van der Waals surface area contributed by atoms with Crippen molar-refractivity contribution in [2.45, 2.75) is 16.7 Å². The molecule has 0 unspecified atom stereocenters. The van der Waals surface area contributed by atoms with Crippen molar-refractivity contribution in [2.75, 3.05) is 35.1 Å². The van der Waals surface area contributed by atoms with E-state index in [2.05, 4.69) is 10.0 Å². The summed E-state index contributed by atoms with van der Waals surface area (Å²) in [6.45, 7) is 1.19. The van der Waals surface area contributed by atoms with Crippen molar-refractivity contribution in [2.24, 2.45) is 0 Å². The van der Waals surface area contributed by atoms with E-state index in [1.807, 2.05) is 6.92 Å². The van der Waals surface area contributed by atoms with Gasteiger partial charge in [0.25, 0.3) is 20.0 Å². The van der Waals surface area contributed by atoms with Gasteiger partial charge in [0, 0.05) is 17.4 Å². The van der Waals surface area contributed by atoms with E-state index in [0.717, 1.165) is 22.0 Å². The lowest BCUT2D eigenvalue weighted by Crippen LogP contribution is -2.38. The number of amides is 1. The molecule has 0 saturated carbocycles. The third-order valence-electron chi connectivity index (χ3n) is 6.10. The Labute approximate surface area is 243 Å². The summed E-state index contributed by atoms with van der Waals surface area (Å²) in [5.41, 5.74) is 1.35. The Kier molecular flexibility index (Phi) is 9.02. The molecule has 4 aromatic carbocycles. The van der Waals surface area contributed by atoms with Crippen LogP contribution < -0.4 is 23.8 Å². The van der Waals surface area contributed by atoms with Crippen molar-refractivity contribution in [3.63, 3.8) is 0 Å². The fourth-order valence-corrected chi connectivity index (χ4v) is 6.39. The highest BCUT2D eigenvalue weighted by atomic mass is 32.2. The quantitative estimate of drug-likeness (QED) is 0.249. The predicted molar refractivity (Wildman–Crippen MR) is 158 cm³/mol. The van der Waals surface area contributed by atoms with E-state index in [0.29, 0.717) is 5.75 Å². The molecule has 0 aromatic heterocycles. The molecular formula is C29H28FN3O7S2. The van der Waals surface area contributed by atoms with Gasteiger partial charge in [0.15, 0.2) is 0 Å². The van der Waals surface area contributed by atoms with Gasteiger partial charge in [-0.25, -0.2) is 21.2 Å². The third kappa shape index (κ3) is 6.98. The zero-order valence-corrected chi connectivity index (χ0v) is 24.5. The molecule has 4 rings (SSSR count). The van der Waals surface area contributed by atoms with Crippen LogP contribution in [0.1, 0.15) is 5.56 Å². The summed E-state index contributed by atoms with van der Waals surface area (Å²) in [4.78, 5) is 13.0. The van der Waals surface area contributed by atoms with Gasteiger partial charge < -0.3 is 14.8 Å². The molecule has 0 bridgehead atoms. The van der Waals surface area contributed by atoms with Crippen LogP contribution in [-0.4, -0.2) is 43.5 Å². The maximum Gasteiger partial charge on any atom is 0.264 e. The summed E-state index contributed by atoms with van der Waals surface area (Å²) in [5, 5.41) is 2.60. The van der Waals surface area contributed by atoms with E-state index < -0.39 is 38.3 Å². The fourth-order valence-electron chi connectivity index (χ4n) is 3.91. The topological polar surface area (TPSA) is 131 Å². The lowest BCUT2D eigenvalue weighted by molar-refractivity contribution is -0.114. The number of hydrogen-bond acceptors (Lipinski definition) is 7. The Morgan fingerprint density at radius 3 is 1.98 bits per heavy atom. The second kappa shape index (κ2) is 12.5. The molecule has 0 saturated heterocycles. The minimum atomic E-state index is -4.25. The van der Waals surface area contributed by atoms with Crippen LogP contribution in [0.25, 0.3) is 0 Å². The first-order valence-corrected chi connectivity index (χ1v) is 15.3. The number of halogens is 1. The molecule has 0 aliphatic carbocycles. The number of carbonyl (C=O) groups excluding carboxylic acids is 1. The van der Waals surface area contributed by atoms with Crippen LogP contribution in [0.5, 0.6) is 11.5 Å². The van der Waals surface area contributed by atoms with Crippen LogP contribution in [0.4, 0.5) is 21.5 Å². The van der Waals surface area contributed by atoms with Crippen molar-refractivity contribution >= 4 is 43.0 Å². The molecular weight excluding hydrogens is 585 g/mol. The Morgan fingerprint density at radius 2 is 1.38 bits per heavy atom. The SMILES string of the molecule is COc1ccc(OC)c(N(CC(=O)Nc2ccc(S(=O)(=O)Nc3ccc(F)cc3)cc2)S(=O)(=O)c2ccc(C)cc2)c1. The summed E-state index contributed by atoms with van der Waals surface area (Å²) in [6, 6.07) is 20.9. The van der Waals surface area contributed by atoms with Gasteiger partial charge in [-0.05, 0) is 79.7 Å². The number of carbonyl (C=O) groups is 1. The third-order valence-corrected chi connectivity index (χ3v) is 9.27. The summed E-state index contributed by atoms with van der Waals surface area (Å²) < 4.78 is 80.1. The molecule has 42 heavy (non-hydrogen) atoms. The van der Waals surface area contributed by atoms with Gasteiger partial charge in [0.05, 0.1) is 29.7 Å². The van der Waals surface area contributed by atoms with Crippen LogP contribution >= 0.6 is 0 Å². The zero-order chi connectivity index (χ0) is 30.5. The number of hydrogen-bond donors (Lipinski definition) is 2. The number of anilines is 3. The molecule has 0 fully saturated rings. The number of benzene rings is 4. The molecule has 4 aromatic rings. The first kappa shape index (κ1) is 30.3. The van der Waals surface area contributed by atoms with Crippen molar-refractivity contribution in [3.8, 4) is 11.5 Å². The van der Waals surface area contributed by atoms with Gasteiger partial charge in [-0.2, -0.15) is 0 Å². The Morgan fingerprint density at radius 1 is 0.786 bits per heavy atom. The number of nitrogens with one attached hydrogen (secondary N) is 2. The molecule has 0 atom stereocenters. The van der Waals surface area contributed by atoms with Crippen LogP contribution in [0, 0.1) is 12.7 Å². The number of methoxy groups -OCH3 is 2. The number of nitrogens with zero attached hydrogens (tertiary/aromatic N) is 1. The highest BCUT2D eigenvalue weighted by molar-refractivity contribution is 7.93. The Balaban J connectivity index is 1.59. The predicted octanol–water partition coefficient (Wildman–Crippen LogP) is 4.79. The van der Waals surface area contributed by atoms with Gasteiger partial charge in [-0.1, -0.05) is 17.7 Å². The second-order valence-corrected chi connectivity index (χ2v) is 12.6.